The highest BCUT2D eigenvalue weighted by atomic mass is 16.5. The lowest BCUT2D eigenvalue weighted by Gasteiger charge is -2.19. The molecule has 0 aliphatic carbocycles. The Morgan fingerprint density at radius 2 is 1.58 bits per heavy atom. The number of ether oxygens (including phenoxy) is 1. The van der Waals surface area contributed by atoms with E-state index in [2.05, 4.69) is 0 Å². The summed E-state index contributed by atoms with van der Waals surface area (Å²) in [6.07, 6.45) is 0. The number of aryl methyl sites for hydroxylation is 1. The van der Waals surface area contributed by atoms with Gasteiger partial charge in [-0.2, -0.15) is 0 Å². The molecule has 2 rings (SSSR count). The van der Waals surface area contributed by atoms with Crippen molar-refractivity contribution >= 4 is 11.9 Å². The fourth-order valence-corrected chi connectivity index (χ4v) is 2.27. The van der Waals surface area contributed by atoms with Gasteiger partial charge in [0, 0.05) is 5.56 Å². The summed E-state index contributed by atoms with van der Waals surface area (Å²) in [7, 11) is 1.29. The van der Waals surface area contributed by atoms with Crippen molar-refractivity contribution in [1.29, 1.82) is 0 Å². The van der Waals surface area contributed by atoms with E-state index in [1.54, 1.807) is 26.0 Å². The van der Waals surface area contributed by atoms with Crippen LogP contribution in [-0.2, 0) is 4.74 Å². The van der Waals surface area contributed by atoms with E-state index < -0.39 is 11.9 Å². The molecule has 0 bridgehead atoms. The molecule has 0 aliphatic rings. The number of benzene rings is 2. The number of rotatable bonds is 4. The molecule has 0 heterocycles. The third-order valence-corrected chi connectivity index (χ3v) is 3.68. The van der Waals surface area contributed by atoms with Crippen LogP contribution in [0.15, 0.2) is 42.5 Å². The molecule has 5 heteroatoms. The quantitative estimate of drug-likeness (QED) is 0.528. The van der Waals surface area contributed by atoms with Crippen LogP contribution in [0.25, 0.3) is 11.1 Å². The summed E-state index contributed by atoms with van der Waals surface area (Å²) in [5.41, 5.74) is 3.18. The topological polar surface area (TPSA) is 66.8 Å². The Labute approximate surface area is 141 Å². The minimum atomic E-state index is -0.566. The van der Waals surface area contributed by atoms with Gasteiger partial charge in [-0.1, -0.05) is 29.8 Å². The van der Waals surface area contributed by atoms with Crippen molar-refractivity contribution in [2.24, 2.45) is 0 Å². The number of methoxy groups -OCH3 is 1. The van der Waals surface area contributed by atoms with Crippen molar-refractivity contribution in [2.75, 3.05) is 7.11 Å². The smallest absolute Gasteiger partial charge is 0.337 e. The third kappa shape index (κ3) is 3.81. The Bertz CT molecular complexity index is 750. The molecule has 0 fully saturated rings. The van der Waals surface area contributed by atoms with Crippen LogP contribution in [0.2, 0.25) is 0 Å². The molecule has 2 aromatic carbocycles. The van der Waals surface area contributed by atoms with Gasteiger partial charge in [-0.15, -0.1) is 0 Å². The first-order chi connectivity index (χ1) is 11.3. The first kappa shape index (κ1) is 17.7. The molecule has 0 unspecified atom stereocenters. The fourth-order valence-electron chi connectivity index (χ4n) is 2.27. The molecular weight excluding hydrogens is 306 g/mol. The van der Waals surface area contributed by atoms with Gasteiger partial charge in [-0.05, 0) is 50.1 Å². The van der Waals surface area contributed by atoms with E-state index in [9.17, 15) is 14.8 Å². The number of nitrogens with zero attached hydrogens (tertiary/aromatic N) is 1. The standard InChI is InChI=1S/C19H21NO4/c1-12(2)20(23)18(21)16-9-15(10-17(11-16)19(22)24-4)14-7-5-13(3)6-8-14/h5-12,23H,1-4H3. The van der Waals surface area contributed by atoms with Crippen molar-refractivity contribution in [1.82, 2.24) is 5.06 Å². The van der Waals surface area contributed by atoms with Crippen molar-refractivity contribution in [2.45, 2.75) is 26.8 Å². The third-order valence-electron chi connectivity index (χ3n) is 3.68. The first-order valence-electron chi connectivity index (χ1n) is 7.66. The maximum Gasteiger partial charge on any atom is 0.337 e. The number of esters is 1. The zero-order chi connectivity index (χ0) is 17.9. The molecule has 0 saturated heterocycles. The summed E-state index contributed by atoms with van der Waals surface area (Å²) >= 11 is 0. The zero-order valence-electron chi connectivity index (χ0n) is 14.2. The summed E-state index contributed by atoms with van der Waals surface area (Å²) in [5, 5.41) is 10.5. The predicted molar refractivity (Wildman–Crippen MR) is 91.0 cm³/mol. The second kappa shape index (κ2) is 7.27. The number of hydroxylamine groups is 2. The van der Waals surface area contributed by atoms with E-state index >= 15 is 0 Å². The van der Waals surface area contributed by atoms with Gasteiger partial charge in [0.15, 0.2) is 0 Å². The summed E-state index contributed by atoms with van der Waals surface area (Å²) in [5.74, 6) is -1.10. The van der Waals surface area contributed by atoms with Crippen LogP contribution in [0, 0.1) is 6.92 Å². The number of amides is 1. The Hall–Kier alpha value is -2.66. The summed E-state index contributed by atoms with van der Waals surface area (Å²) in [6.45, 7) is 5.38. The molecule has 1 amide bonds. The Morgan fingerprint density at radius 1 is 1.00 bits per heavy atom. The van der Waals surface area contributed by atoms with E-state index in [1.807, 2.05) is 31.2 Å². The average Bonchev–Trinajstić information content (AvgIpc) is 2.59. The fraction of sp³-hybridized carbons (Fsp3) is 0.263. The highest BCUT2D eigenvalue weighted by molar-refractivity contribution is 5.99. The normalized spacial score (nSPS) is 10.6. The van der Waals surface area contributed by atoms with Crippen molar-refractivity contribution in [3.05, 3.63) is 59.2 Å². The van der Waals surface area contributed by atoms with E-state index in [1.165, 1.54) is 13.2 Å². The summed E-state index contributed by atoms with van der Waals surface area (Å²) < 4.78 is 4.76. The Kier molecular flexibility index (Phi) is 5.36. The van der Waals surface area contributed by atoms with Crippen LogP contribution in [0.1, 0.15) is 40.1 Å². The number of hydrogen-bond donors (Lipinski definition) is 1. The maximum atomic E-state index is 12.4. The lowest BCUT2D eigenvalue weighted by Crippen LogP contribution is -2.33. The average molecular weight is 327 g/mol. The number of hydrogen-bond acceptors (Lipinski definition) is 4. The SMILES string of the molecule is COC(=O)c1cc(C(=O)N(O)C(C)C)cc(-c2ccc(C)cc2)c1. The molecule has 0 radical (unpaired) electrons. The van der Waals surface area contributed by atoms with Gasteiger partial charge >= 0.3 is 5.97 Å². The van der Waals surface area contributed by atoms with Crippen molar-refractivity contribution < 1.29 is 19.5 Å². The van der Waals surface area contributed by atoms with Crippen LogP contribution in [-0.4, -0.2) is 35.3 Å². The Balaban J connectivity index is 2.55. The lowest BCUT2D eigenvalue weighted by atomic mass is 9.98. The van der Waals surface area contributed by atoms with Gasteiger partial charge in [-0.25, -0.2) is 9.86 Å². The second-order valence-electron chi connectivity index (χ2n) is 5.90. The van der Waals surface area contributed by atoms with Gasteiger partial charge in [0.2, 0.25) is 0 Å². The summed E-state index contributed by atoms with van der Waals surface area (Å²) in [6, 6.07) is 12.1. The molecule has 0 aliphatic heterocycles. The molecule has 1 N–H and O–H groups in total. The van der Waals surface area contributed by atoms with Crippen LogP contribution in [0.5, 0.6) is 0 Å². The van der Waals surface area contributed by atoms with Crippen LogP contribution in [0.4, 0.5) is 0 Å². The van der Waals surface area contributed by atoms with Crippen LogP contribution in [0.3, 0.4) is 0 Å². The van der Waals surface area contributed by atoms with Crippen molar-refractivity contribution in [3.8, 4) is 11.1 Å². The highest BCUT2D eigenvalue weighted by Gasteiger charge is 2.20. The molecule has 0 saturated carbocycles. The minimum absolute atomic E-state index is 0.227. The largest absolute Gasteiger partial charge is 0.465 e. The van der Waals surface area contributed by atoms with Crippen molar-refractivity contribution in [3.63, 3.8) is 0 Å². The van der Waals surface area contributed by atoms with E-state index in [-0.39, 0.29) is 17.2 Å². The molecule has 0 atom stereocenters. The minimum Gasteiger partial charge on any atom is -0.465 e. The molecule has 126 valence electrons. The van der Waals surface area contributed by atoms with E-state index in [0.717, 1.165) is 11.1 Å². The van der Waals surface area contributed by atoms with Gasteiger partial charge in [-0.3, -0.25) is 10.0 Å². The summed E-state index contributed by atoms with van der Waals surface area (Å²) in [4.78, 5) is 24.3. The lowest BCUT2D eigenvalue weighted by molar-refractivity contribution is -0.0794. The Morgan fingerprint density at radius 3 is 2.12 bits per heavy atom. The van der Waals surface area contributed by atoms with Gasteiger partial charge in [0.1, 0.15) is 0 Å². The second-order valence-corrected chi connectivity index (χ2v) is 5.90. The molecule has 24 heavy (non-hydrogen) atoms. The van der Waals surface area contributed by atoms with Crippen LogP contribution < -0.4 is 0 Å². The van der Waals surface area contributed by atoms with Gasteiger partial charge in [0.05, 0.1) is 18.7 Å². The van der Waals surface area contributed by atoms with E-state index in [0.29, 0.717) is 10.6 Å². The molecule has 0 aromatic heterocycles. The molecule has 0 spiro atoms. The first-order valence-corrected chi connectivity index (χ1v) is 7.66. The highest BCUT2D eigenvalue weighted by Crippen LogP contribution is 2.24. The zero-order valence-corrected chi connectivity index (χ0v) is 14.2. The molecular formula is C19H21NO4. The number of carbonyl (C=O) groups is 2. The predicted octanol–water partition coefficient (Wildman–Crippen LogP) is 3.69. The number of carbonyl (C=O) groups excluding carboxylic acids is 2. The molecule has 2 aromatic rings. The van der Waals surface area contributed by atoms with Gasteiger partial charge < -0.3 is 4.74 Å². The monoisotopic (exact) mass is 327 g/mol. The molecule has 5 nitrogen and oxygen atoms in total. The maximum absolute atomic E-state index is 12.4. The van der Waals surface area contributed by atoms with E-state index in [4.69, 9.17) is 4.74 Å². The van der Waals surface area contributed by atoms with Crippen LogP contribution >= 0.6 is 0 Å². The van der Waals surface area contributed by atoms with Gasteiger partial charge in [0.25, 0.3) is 5.91 Å².